The minimum absolute atomic E-state index is 0.298. The molecule has 5 nitrogen and oxygen atoms in total. The summed E-state index contributed by atoms with van der Waals surface area (Å²) in [4.78, 5) is 24.2. The molecule has 0 aliphatic rings. The zero-order chi connectivity index (χ0) is 19.3. The van der Waals surface area contributed by atoms with E-state index >= 15 is 0 Å². The van der Waals surface area contributed by atoms with Gasteiger partial charge in [-0.3, -0.25) is 20.4 Å². The number of rotatable bonds is 5. The summed E-state index contributed by atoms with van der Waals surface area (Å²) in [6.07, 6.45) is -0.864. The first-order valence-corrected chi connectivity index (χ1v) is 8.85. The summed E-state index contributed by atoms with van der Waals surface area (Å²) in [5, 5.41) is 0.765. The Kier molecular flexibility index (Phi) is 6.89. The van der Waals surface area contributed by atoms with Crippen molar-refractivity contribution in [1.82, 2.24) is 10.9 Å². The van der Waals surface area contributed by atoms with Crippen LogP contribution in [0.3, 0.4) is 0 Å². The minimum atomic E-state index is -0.864. The predicted molar refractivity (Wildman–Crippen MR) is 103 cm³/mol. The Balaban J connectivity index is 1.89. The van der Waals surface area contributed by atoms with Crippen molar-refractivity contribution < 1.29 is 14.3 Å². The highest BCUT2D eigenvalue weighted by atomic mass is 35.5. The molecule has 0 aliphatic carbocycles. The predicted octanol–water partition coefficient (Wildman–Crippen LogP) is 4.35. The monoisotopic (exact) mass is 394 g/mol. The average Bonchev–Trinajstić information content (AvgIpc) is 2.61. The molecule has 2 rings (SSSR count). The van der Waals surface area contributed by atoms with E-state index in [1.165, 1.54) is 6.07 Å². The van der Waals surface area contributed by atoms with Crippen molar-refractivity contribution in [3.05, 3.63) is 63.6 Å². The van der Waals surface area contributed by atoms with E-state index in [0.29, 0.717) is 27.3 Å². The summed E-state index contributed by atoms with van der Waals surface area (Å²) < 4.78 is 5.49. The molecule has 1 atom stereocenters. The lowest BCUT2D eigenvalue weighted by atomic mass is 10.0. The average molecular weight is 395 g/mol. The SMILES string of the molecule is CC(Oc1ccc(Cl)cc1Cl)C(=O)NNC(=O)c1ccc(C(C)C)cc1. The molecule has 0 spiro atoms. The minimum Gasteiger partial charge on any atom is -0.479 e. The zero-order valence-corrected chi connectivity index (χ0v) is 16.2. The quantitative estimate of drug-likeness (QED) is 0.740. The van der Waals surface area contributed by atoms with Gasteiger partial charge in [0.2, 0.25) is 0 Å². The fourth-order valence-electron chi connectivity index (χ4n) is 2.13. The largest absolute Gasteiger partial charge is 0.479 e. The molecule has 0 heterocycles. The third-order valence-electron chi connectivity index (χ3n) is 3.71. The van der Waals surface area contributed by atoms with E-state index in [9.17, 15) is 9.59 Å². The summed E-state index contributed by atoms with van der Waals surface area (Å²) in [6, 6.07) is 11.9. The van der Waals surface area contributed by atoms with Gasteiger partial charge >= 0.3 is 0 Å². The maximum atomic E-state index is 12.1. The number of hydrazine groups is 1. The fourth-order valence-corrected chi connectivity index (χ4v) is 2.58. The van der Waals surface area contributed by atoms with Crippen molar-refractivity contribution in [2.24, 2.45) is 0 Å². The number of benzene rings is 2. The Labute approximate surface area is 162 Å². The molecule has 0 aromatic heterocycles. The first kappa shape index (κ1) is 20.1. The number of nitrogens with one attached hydrogen (secondary N) is 2. The van der Waals surface area contributed by atoms with E-state index in [1.807, 2.05) is 12.1 Å². The van der Waals surface area contributed by atoms with Crippen molar-refractivity contribution in [3.8, 4) is 5.75 Å². The molecule has 0 saturated carbocycles. The van der Waals surface area contributed by atoms with Crippen LogP contribution in [0.15, 0.2) is 42.5 Å². The summed E-state index contributed by atoms with van der Waals surface area (Å²) >= 11 is 11.8. The van der Waals surface area contributed by atoms with Crippen LogP contribution in [-0.2, 0) is 4.79 Å². The van der Waals surface area contributed by atoms with Crippen LogP contribution in [0.1, 0.15) is 42.6 Å². The van der Waals surface area contributed by atoms with Crippen LogP contribution in [0.4, 0.5) is 0 Å². The molecule has 2 N–H and O–H groups in total. The lowest BCUT2D eigenvalue weighted by Gasteiger charge is -2.16. The summed E-state index contributed by atoms with van der Waals surface area (Å²) in [7, 11) is 0. The third kappa shape index (κ3) is 5.38. The molecule has 0 aliphatic heterocycles. The highest BCUT2D eigenvalue weighted by Crippen LogP contribution is 2.28. The van der Waals surface area contributed by atoms with Gasteiger partial charge in [0.05, 0.1) is 5.02 Å². The summed E-state index contributed by atoms with van der Waals surface area (Å²) in [5.74, 6) is -0.215. The zero-order valence-electron chi connectivity index (χ0n) is 14.7. The molecule has 26 heavy (non-hydrogen) atoms. The van der Waals surface area contributed by atoms with Gasteiger partial charge < -0.3 is 4.74 Å². The van der Waals surface area contributed by atoms with E-state index in [0.717, 1.165) is 5.56 Å². The van der Waals surface area contributed by atoms with Gasteiger partial charge in [-0.15, -0.1) is 0 Å². The van der Waals surface area contributed by atoms with Crippen molar-refractivity contribution >= 4 is 35.0 Å². The first-order chi connectivity index (χ1) is 12.3. The lowest BCUT2D eigenvalue weighted by Crippen LogP contribution is -2.47. The normalized spacial score (nSPS) is 11.8. The molecule has 2 amide bonds. The summed E-state index contributed by atoms with van der Waals surface area (Å²) in [6.45, 7) is 5.69. The molecular formula is C19H20Cl2N2O3. The standard InChI is InChI=1S/C19H20Cl2N2O3/c1-11(2)13-4-6-14(7-5-13)19(25)23-22-18(24)12(3)26-17-9-8-15(20)10-16(17)21/h4-12H,1-3H3,(H,22,24)(H,23,25). The first-order valence-electron chi connectivity index (χ1n) is 8.09. The van der Waals surface area contributed by atoms with Crippen LogP contribution < -0.4 is 15.6 Å². The van der Waals surface area contributed by atoms with E-state index < -0.39 is 17.9 Å². The van der Waals surface area contributed by atoms with Crippen LogP contribution in [0.25, 0.3) is 0 Å². The van der Waals surface area contributed by atoms with Gasteiger partial charge in [0.15, 0.2) is 6.10 Å². The number of ether oxygens (including phenoxy) is 1. The van der Waals surface area contributed by atoms with Crippen molar-refractivity contribution in [3.63, 3.8) is 0 Å². The number of carbonyl (C=O) groups is 2. The molecule has 138 valence electrons. The Bertz CT molecular complexity index is 792. The maximum Gasteiger partial charge on any atom is 0.279 e. The Hall–Kier alpha value is -2.24. The van der Waals surface area contributed by atoms with Gasteiger partial charge in [0.1, 0.15) is 5.75 Å². The molecule has 2 aromatic carbocycles. The molecule has 0 fully saturated rings. The molecule has 7 heteroatoms. The number of amides is 2. The van der Waals surface area contributed by atoms with Crippen molar-refractivity contribution in [1.29, 1.82) is 0 Å². The van der Waals surface area contributed by atoms with Crippen LogP contribution >= 0.6 is 23.2 Å². The fraction of sp³-hybridized carbons (Fsp3) is 0.263. The van der Waals surface area contributed by atoms with Gasteiger partial charge in [-0.2, -0.15) is 0 Å². The topological polar surface area (TPSA) is 67.4 Å². The molecule has 0 radical (unpaired) electrons. The van der Waals surface area contributed by atoms with Gasteiger partial charge in [-0.25, -0.2) is 0 Å². The number of hydrogen-bond acceptors (Lipinski definition) is 3. The Morgan fingerprint density at radius 2 is 1.62 bits per heavy atom. The van der Waals surface area contributed by atoms with E-state index in [4.69, 9.17) is 27.9 Å². The van der Waals surface area contributed by atoms with Crippen LogP contribution in [0, 0.1) is 0 Å². The maximum absolute atomic E-state index is 12.1. The number of halogens is 2. The Morgan fingerprint density at radius 3 is 2.19 bits per heavy atom. The molecule has 1 unspecified atom stereocenters. The molecule has 0 bridgehead atoms. The van der Waals surface area contributed by atoms with Crippen LogP contribution in [-0.4, -0.2) is 17.9 Å². The van der Waals surface area contributed by atoms with E-state index in [2.05, 4.69) is 24.7 Å². The van der Waals surface area contributed by atoms with Crippen molar-refractivity contribution in [2.75, 3.05) is 0 Å². The molecular weight excluding hydrogens is 375 g/mol. The van der Waals surface area contributed by atoms with Gasteiger partial charge in [-0.05, 0) is 48.7 Å². The van der Waals surface area contributed by atoms with Gasteiger partial charge in [0.25, 0.3) is 11.8 Å². The van der Waals surface area contributed by atoms with E-state index in [1.54, 1.807) is 31.2 Å². The highest BCUT2D eigenvalue weighted by Gasteiger charge is 2.17. The smallest absolute Gasteiger partial charge is 0.279 e. The van der Waals surface area contributed by atoms with Gasteiger partial charge in [0, 0.05) is 10.6 Å². The number of carbonyl (C=O) groups excluding carboxylic acids is 2. The van der Waals surface area contributed by atoms with E-state index in [-0.39, 0.29) is 0 Å². The van der Waals surface area contributed by atoms with Crippen LogP contribution in [0.2, 0.25) is 10.0 Å². The lowest BCUT2D eigenvalue weighted by molar-refractivity contribution is -0.128. The van der Waals surface area contributed by atoms with Gasteiger partial charge in [-0.1, -0.05) is 49.2 Å². The highest BCUT2D eigenvalue weighted by molar-refractivity contribution is 6.35. The summed E-state index contributed by atoms with van der Waals surface area (Å²) in [5.41, 5.74) is 6.28. The third-order valence-corrected chi connectivity index (χ3v) is 4.24. The molecule has 2 aromatic rings. The molecule has 0 saturated heterocycles. The Morgan fingerprint density at radius 1 is 0.962 bits per heavy atom. The van der Waals surface area contributed by atoms with Crippen molar-refractivity contribution in [2.45, 2.75) is 32.8 Å². The second-order valence-electron chi connectivity index (χ2n) is 6.05. The van der Waals surface area contributed by atoms with Crippen LogP contribution in [0.5, 0.6) is 5.75 Å². The second kappa shape index (κ2) is 8.92. The second-order valence-corrected chi connectivity index (χ2v) is 6.90. The number of hydrogen-bond donors (Lipinski definition) is 2.